The Morgan fingerprint density at radius 1 is 1.00 bits per heavy atom. The topological polar surface area (TPSA) is 40.9 Å². The molecule has 0 aliphatic rings. The Hall–Kier alpha value is -2.40. The normalized spacial score (nSPS) is 9.44. The van der Waals surface area contributed by atoms with E-state index in [4.69, 9.17) is 5.26 Å². The lowest BCUT2D eigenvalue weighted by atomic mass is 10.0. The summed E-state index contributed by atoms with van der Waals surface area (Å²) in [4.78, 5) is 10.6. The van der Waals surface area contributed by atoms with Crippen molar-refractivity contribution >= 4 is 6.29 Å². The van der Waals surface area contributed by atoms with Crippen LogP contribution in [0.3, 0.4) is 0 Å². The monoisotopic (exact) mass is 207 g/mol. The first-order valence-corrected chi connectivity index (χ1v) is 4.89. The fourth-order valence-corrected chi connectivity index (χ4v) is 1.53. The van der Waals surface area contributed by atoms with E-state index < -0.39 is 0 Å². The van der Waals surface area contributed by atoms with Gasteiger partial charge in [-0.25, -0.2) is 0 Å². The number of nitriles is 1. The van der Waals surface area contributed by atoms with Crippen LogP contribution in [-0.2, 0) is 0 Å². The highest BCUT2D eigenvalue weighted by atomic mass is 16.1. The summed E-state index contributed by atoms with van der Waals surface area (Å²) in [5.74, 6) is 0. The number of rotatable bonds is 2. The Kier molecular flexibility index (Phi) is 2.79. The second kappa shape index (κ2) is 4.41. The van der Waals surface area contributed by atoms with E-state index in [0.29, 0.717) is 11.1 Å². The summed E-state index contributed by atoms with van der Waals surface area (Å²) in [7, 11) is 0. The van der Waals surface area contributed by atoms with Gasteiger partial charge in [0, 0.05) is 5.56 Å². The Morgan fingerprint density at radius 3 is 2.38 bits per heavy atom. The lowest BCUT2D eigenvalue weighted by Crippen LogP contribution is -1.82. The molecule has 0 bridgehead atoms. The van der Waals surface area contributed by atoms with Crippen LogP contribution in [0.25, 0.3) is 11.1 Å². The number of hydrogen-bond acceptors (Lipinski definition) is 2. The molecule has 0 spiro atoms. The van der Waals surface area contributed by atoms with Crippen molar-refractivity contribution in [1.29, 1.82) is 5.26 Å². The molecule has 2 heteroatoms. The number of hydrogen-bond donors (Lipinski definition) is 0. The molecule has 0 aromatic heterocycles. The highest BCUT2D eigenvalue weighted by molar-refractivity contribution is 5.78. The van der Waals surface area contributed by atoms with Crippen LogP contribution >= 0.6 is 0 Å². The van der Waals surface area contributed by atoms with Crippen LogP contribution in [0.4, 0.5) is 0 Å². The maximum Gasteiger partial charge on any atom is 0.150 e. The molecule has 0 saturated heterocycles. The number of benzene rings is 2. The maximum atomic E-state index is 10.6. The fourth-order valence-electron chi connectivity index (χ4n) is 1.53. The Bertz CT molecular complexity index is 550. The SMILES string of the molecule is N#Cc1ccc(-c2cccc(C=O)c2)cc1. The molecule has 2 rings (SSSR count). The van der Waals surface area contributed by atoms with Crippen LogP contribution in [-0.4, -0.2) is 6.29 Å². The van der Waals surface area contributed by atoms with E-state index in [-0.39, 0.29) is 0 Å². The van der Waals surface area contributed by atoms with E-state index in [2.05, 4.69) is 6.07 Å². The van der Waals surface area contributed by atoms with E-state index >= 15 is 0 Å². The van der Waals surface area contributed by atoms with Gasteiger partial charge in [0.2, 0.25) is 0 Å². The molecule has 0 saturated carbocycles. The minimum Gasteiger partial charge on any atom is -0.298 e. The van der Waals surface area contributed by atoms with Gasteiger partial charge in [-0.2, -0.15) is 5.26 Å². The molecule has 0 N–H and O–H groups in total. The molecule has 76 valence electrons. The van der Waals surface area contributed by atoms with Gasteiger partial charge in [-0.15, -0.1) is 0 Å². The standard InChI is InChI=1S/C14H9NO/c15-9-11-4-6-13(7-5-11)14-3-1-2-12(8-14)10-16/h1-8,10H. The molecule has 0 aliphatic heterocycles. The summed E-state index contributed by atoms with van der Waals surface area (Å²) < 4.78 is 0. The van der Waals surface area contributed by atoms with Gasteiger partial charge in [0.1, 0.15) is 6.29 Å². The zero-order valence-electron chi connectivity index (χ0n) is 8.55. The minimum absolute atomic E-state index is 0.635. The third kappa shape index (κ3) is 1.99. The average molecular weight is 207 g/mol. The first-order valence-electron chi connectivity index (χ1n) is 4.89. The summed E-state index contributed by atoms with van der Waals surface area (Å²) in [5, 5.41) is 8.68. The Morgan fingerprint density at radius 2 is 1.75 bits per heavy atom. The van der Waals surface area contributed by atoms with Gasteiger partial charge in [0.25, 0.3) is 0 Å². The van der Waals surface area contributed by atoms with Gasteiger partial charge in [-0.05, 0) is 29.3 Å². The molecule has 0 amide bonds. The first-order chi connectivity index (χ1) is 7.83. The summed E-state index contributed by atoms with van der Waals surface area (Å²) in [6.07, 6.45) is 0.827. The fraction of sp³-hybridized carbons (Fsp3) is 0. The lowest BCUT2D eigenvalue weighted by Gasteiger charge is -2.02. The number of aldehydes is 1. The molecule has 0 aliphatic carbocycles. The van der Waals surface area contributed by atoms with Crippen molar-refractivity contribution in [2.45, 2.75) is 0 Å². The van der Waals surface area contributed by atoms with Crippen molar-refractivity contribution in [3.63, 3.8) is 0 Å². The molecule has 0 unspecified atom stereocenters. The Labute approximate surface area is 93.8 Å². The van der Waals surface area contributed by atoms with Gasteiger partial charge >= 0.3 is 0 Å². The van der Waals surface area contributed by atoms with Crippen LogP contribution in [0, 0.1) is 11.3 Å². The number of carbonyl (C=O) groups is 1. The summed E-state index contributed by atoms with van der Waals surface area (Å²) >= 11 is 0. The van der Waals surface area contributed by atoms with Crippen molar-refractivity contribution in [2.24, 2.45) is 0 Å². The van der Waals surface area contributed by atoms with Crippen LogP contribution < -0.4 is 0 Å². The van der Waals surface area contributed by atoms with E-state index in [0.717, 1.165) is 17.4 Å². The van der Waals surface area contributed by atoms with Crippen LogP contribution in [0.15, 0.2) is 48.5 Å². The van der Waals surface area contributed by atoms with Crippen molar-refractivity contribution < 1.29 is 4.79 Å². The van der Waals surface area contributed by atoms with E-state index in [9.17, 15) is 4.79 Å². The molecule has 2 aromatic carbocycles. The zero-order valence-corrected chi connectivity index (χ0v) is 8.55. The van der Waals surface area contributed by atoms with Gasteiger partial charge in [0.05, 0.1) is 11.6 Å². The van der Waals surface area contributed by atoms with Gasteiger partial charge in [-0.3, -0.25) is 4.79 Å². The second-order valence-electron chi connectivity index (χ2n) is 3.43. The van der Waals surface area contributed by atoms with Crippen LogP contribution in [0.5, 0.6) is 0 Å². The van der Waals surface area contributed by atoms with Crippen molar-refractivity contribution in [3.05, 3.63) is 59.7 Å². The molecule has 0 fully saturated rings. The maximum absolute atomic E-state index is 10.6. The van der Waals surface area contributed by atoms with Gasteiger partial charge < -0.3 is 0 Å². The molecular formula is C14H9NO. The van der Waals surface area contributed by atoms with E-state index in [1.807, 2.05) is 30.3 Å². The zero-order chi connectivity index (χ0) is 11.4. The van der Waals surface area contributed by atoms with Crippen LogP contribution in [0.1, 0.15) is 15.9 Å². The predicted molar refractivity (Wildman–Crippen MR) is 62.0 cm³/mol. The van der Waals surface area contributed by atoms with Crippen molar-refractivity contribution in [1.82, 2.24) is 0 Å². The smallest absolute Gasteiger partial charge is 0.150 e. The van der Waals surface area contributed by atoms with E-state index in [1.54, 1.807) is 18.2 Å². The highest BCUT2D eigenvalue weighted by Crippen LogP contribution is 2.20. The summed E-state index contributed by atoms with van der Waals surface area (Å²) in [6.45, 7) is 0. The third-order valence-corrected chi connectivity index (χ3v) is 2.37. The molecule has 2 nitrogen and oxygen atoms in total. The largest absolute Gasteiger partial charge is 0.298 e. The quantitative estimate of drug-likeness (QED) is 0.710. The second-order valence-corrected chi connectivity index (χ2v) is 3.43. The van der Waals surface area contributed by atoms with Crippen LogP contribution in [0.2, 0.25) is 0 Å². The molecule has 0 atom stereocenters. The molecule has 2 aromatic rings. The summed E-state index contributed by atoms with van der Waals surface area (Å²) in [6, 6.07) is 16.7. The average Bonchev–Trinajstić information content (AvgIpc) is 2.39. The molecule has 0 radical (unpaired) electrons. The molecular weight excluding hydrogens is 198 g/mol. The lowest BCUT2D eigenvalue weighted by molar-refractivity contribution is 0.112. The van der Waals surface area contributed by atoms with E-state index in [1.165, 1.54) is 0 Å². The van der Waals surface area contributed by atoms with Gasteiger partial charge in [0.15, 0.2) is 0 Å². The summed E-state index contributed by atoms with van der Waals surface area (Å²) in [5.41, 5.74) is 3.27. The molecule has 0 heterocycles. The number of carbonyl (C=O) groups excluding carboxylic acids is 1. The highest BCUT2D eigenvalue weighted by Gasteiger charge is 1.98. The third-order valence-electron chi connectivity index (χ3n) is 2.37. The molecule has 16 heavy (non-hydrogen) atoms. The van der Waals surface area contributed by atoms with Crippen molar-refractivity contribution in [3.8, 4) is 17.2 Å². The Balaban J connectivity index is 2.42. The number of nitrogens with zero attached hydrogens (tertiary/aromatic N) is 1. The van der Waals surface area contributed by atoms with Crippen molar-refractivity contribution in [2.75, 3.05) is 0 Å². The van der Waals surface area contributed by atoms with Gasteiger partial charge in [-0.1, -0.05) is 30.3 Å². The predicted octanol–water partition coefficient (Wildman–Crippen LogP) is 3.04. The minimum atomic E-state index is 0.635. The first kappa shape index (κ1) is 10.1.